The molecule has 1 aromatic heterocycles. The molecule has 18 heavy (non-hydrogen) atoms. The van der Waals surface area contributed by atoms with Gasteiger partial charge in [0, 0.05) is 12.3 Å². The first-order valence-corrected chi connectivity index (χ1v) is 6.19. The summed E-state index contributed by atoms with van der Waals surface area (Å²) in [5, 5.41) is 0. The number of fused-ring (bicyclic) bond motifs is 1. The van der Waals surface area contributed by atoms with Gasteiger partial charge in [0.15, 0.2) is 0 Å². The molecule has 0 aliphatic carbocycles. The van der Waals surface area contributed by atoms with Gasteiger partial charge in [0.05, 0.1) is 13.2 Å². The summed E-state index contributed by atoms with van der Waals surface area (Å²) in [5.41, 5.74) is 2.56. The molecule has 1 aliphatic heterocycles. The highest BCUT2D eigenvalue weighted by atomic mass is 16.5. The van der Waals surface area contributed by atoms with Crippen molar-refractivity contribution in [1.29, 1.82) is 0 Å². The van der Waals surface area contributed by atoms with E-state index < -0.39 is 0 Å². The van der Waals surface area contributed by atoms with Crippen molar-refractivity contribution < 1.29 is 4.74 Å². The van der Waals surface area contributed by atoms with Crippen molar-refractivity contribution >= 4 is 0 Å². The minimum absolute atomic E-state index is 0.0177. The van der Waals surface area contributed by atoms with Crippen molar-refractivity contribution in [3.05, 3.63) is 70.1 Å². The summed E-state index contributed by atoms with van der Waals surface area (Å²) in [6.45, 7) is 1.31. The molecule has 0 bridgehead atoms. The number of benzene rings is 1. The normalized spacial score (nSPS) is 18.3. The fourth-order valence-electron chi connectivity index (χ4n) is 2.42. The number of nitrogens with zero attached hydrogens (tertiary/aromatic N) is 1. The van der Waals surface area contributed by atoms with Gasteiger partial charge in [-0.25, -0.2) is 0 Å². The van der Waals surface area contributed by atoms with E-state index in [1.165, 1.54) is 11.1 Å². The topological polar surface area (TPSA) is 31.2 Å². The van der Waals surface area contributed by atoms with E-state index in [4.69, 9.17) is 4.74 Å². The van der Waals surface area contributed by atoms with Crippen LogP contribution in [-0.2, 0) is 17.7 Å². The summed E-state index contributed by atoms with van der Waals surface area (Å²) in [4.78, 5) is 11.7. The van der Waals surface area contributed by atoms with Crippen molar-refractivity contribution in [3.8, 4) is 0 Å². The van der Waals surface area contributed by atoms with Gasteiger partial charge >= 0.3 is 0 Å². The number of aromatic nitrogens is 1. The minimum Gasteiger partial charge on any atom is -0.371 e. The predicted octanol–water partition coefficient (Wildman–Crippen LogP) is 2.16. The lowest BCUT2D eigenvalue weighted by atomic mass is 9.97. The van der Waals surface area contributed by atoms with Crippen LogP contribution in [0.2, 0.25) is 0 Å². The lowest BCUT2D eigenvalue weighted by Gasteiger charge is -2.26. The van der Waals surface area contributed by atoms with Crippen LogP contribution in [-0.4, -0.2) is 11.2 Å². The third-order valence-electron chi connectivity index (χ3n) is 3.35. The van der Waals surface area contributed by atoms with E-state index in [1.807, 2.05) is 18.3 Å². The number of hydrogen-bond acceptors (Lipinski definition) is 2. The standard InChI is InChI=1S/C15H15NO2/c17-15-7-3-4-9-16(15)11-14-13-6-2-1-5-12(13)8-10-18-14/h1-7,9,14H,8,10-11H2. The quantitative estimate of drug-likeness (QED) is 0.806. The van der Waals surface area contributed by atoms with E-state index in [9.17, 15) is 4.79 Å². The van der Waals surface area contributed by atoms with Gasteiger partial charge in [-0.05, 0) is 23.6 Å². The van der Waals surface area contributed by atoms with Crippen LogP contribution < -0.4 is 5.56 Å². The van der Waals surface area contributed by atoms with Crippen molar-refractivity contribution in [3.63, 3.8) is 0 Å². The average Bonchev–Trinajstić information content (AvgIpc) is 2.42. The van der Waals surface area contributed by atoms with Crippen molar-refractivity contribution in [2.24, 2.45) is 0 Å². The average molecular weight is 241 g/mol. The third kappa shape index (κ3) is 2.09. The summed E-state index contributed by atoms with van der Waals surface area (Å²) < 4.78 is 7.50. The van der Waals surface area contributed by atoms with Crippen LogP contribution in [0, 0.1) is 0 Å². The highest BCUT2D eigenvalue weighted by molar-refractivity contribution is 5.30. The predicted molar refractivity (Wildman–Crippen MR) is 69.5 cm³/mol. The van der Waals surface area contributed by atoms with Gasteiger partial charge in [0.1, 0.15) is 6.10 Å². The number of ether oxygens (including phenoxy) is 1. The second kappa shape index (κ2) is 4.78. The fourth-order valence-corrected chi connectivity index (χ4v) is 2.42. The number of pyridine rings is 1. The first kappa shape index (κ1) is 11.2. The van der Waals surface area contributed by atoms with Crippen LogP contribution in [0.3, 0.4) is 0 Å². The molecule has 1 unspecified atom stereocenters. The molecule has 3 heteroatoms. The first-order valence-electron chi connectivity index (χ1n) is 6.19. The second-order valence-corrected chi connectivity index (χ2v) is 4.50. The Bertz CT molecular complexity index is 603. The second-order valence-electron chi connectivity index (χ2n) is 4.50. The van der Waals surface area contributed by atoms with Crippen LogP contribution in [0.15, 0.2) is 53.5 Å². The Morgan fingerprint density at radius 2 is 2.00 bits per heavy atom. The number of rotatable bonds is 2. The molecular weight excluding hydrogens is 226 g/mol. The van der Waals surface area contributed by atoms with Gasteiger partial charge in [-0.15, -0.1) is 0 Å². The molecule has 0 amide bonds. The van der Waals surface area contributed by atoms with Crippen LogP contribution >= 0.6 is 0 Å². The molecule has 0 radical (unpaired) electrons. The van der Waals surface area contributed by atoms with Crippen LogP contribution in [0.5, 0.6) is 0 Å². The van der Waals surface area contributed by atoms with Gasteiger partial charge in [0.2, 0.25) is 0 Å². The zero-order chi connectivity index (χ0) is 12.4. The maximum absolute atomic E-state index is 11.7. The monoisotopic (exact) mass is 241 g/mol. The van der Waals surface area contributed by atoms with Crippen LogP contribution in [0.1, 0.15) is 17.2 Å². The molecule has 0 saturated carbocycles. The van der Waals surface area contributed by atoms with E-state index >= 15 is 0 Å². The summed E-state index contributed by atoms with van der Waals surface area (Å²) in [6, 6.07) is 13.5. The molecule has 2 aromatic rings. The molecule has 0 fully saturated rings. The summed E-state index contributed by atoms with van der Waals surface area (Å²) in [6.07, 6.45) is 2.74. The maximum Gasteiger partial charge on any atom is 0.250 e. The molecule has 3 nitrogen and oxygen atoms in total. The van der Waals surface area contributed by atoms with E-state index in [1.54, 1.807) is 16.7 Å². The van der Waals surface area contributed by atoms with Gasteiger partial charge in [-0.3, -0.25) is 4.79 Å². The largest absolute Gasteiger partial charge is 0.371 e. The van der Waals surface area contributed by atoms with Crippen LogP contribution in [0.25, 0.3) is 0 Å². The van der Waals surface area contributed by atoms with Crippen LogP contribution in [0.4, 0.5) is 0 Å². The molecule has 3 rings (SSSR count). The Labute approximate surface area is 106 Å². The van der Waals surface area contributed by atoms with Gasteiger partial charge in [-0.1, -0.05) is 30.3 Å². The summed E-state index contributed by atoms with van der Waals surface area (Å²) in [7, 11) is 0. The zero-order valence-electron chi connectivity index (χ0n) is 10.1. The third-order valence-corrected chi connectivity index (χ3v) is 3.35. The maximum atomic E-state index is 11.7. The molecule has 0 N–H and O–H groups in total. The minimum atomic E-state index is -0.0185. The summed E-state index contributed by atoms with van der Waals surface area (Å²) in [5.74, 6) is 0. The highest BCUT2D eigenvalue weighted by Gasteiger charge is 2.20. The molecule has 2 heterocycles. The van der Waals surface area contributed by atoms with Gasteiger partial charge in [-0.2, -0.15) is 0 Å². The zero-order valence-corrected chi connectivity index (χ0v) is 10.1. The molecule has 1 atom stereocenters. The Hall–Kier alpha value is -1.87. The van der Waals surface area contributed by atoms with Crippen molar-refractivity contribution in [2.45, 2.75) is 19.1 Å². The Morgan fingerprint density at radius 3 is 2.89 bits per heavy atom. The molecule has 0 spiro atoms. The summed E-state index contributed by atoms with van der Waals surface area (Å²) >= 11 is 0. The van der Waals surface area contributed by atoms with Crippen molar-refractivity contribution in [1.82, 2.24) is 4.57 Å². The SMILES string of the molecule is O=c1ccccn1CC1OCCc2ccccc21. The smallest absolute Gasteiger partial charge is 0.250 e. The fraction of sp³-hybridized carbons (Fsp3) is 0.267. The first-order chi connectivity index (χ1) is 8.84. The Balaban J connectivity index is 1.91. The molecule has 92 valence electrons. The lowest BCUT2D eigenvalue weighted by molar-refractivity contribution is 0.0299. The van der Waals surface area contributed by atoms with Gasteiger partial charge < -0.3 is 9.30 Å². The molecule has 1 aliphatic rings. The molecule has 0 saturated heterocycles. The van der Waals surface area contributed by atoms with E-state index in [-0.39, 0.29) is 11.7 Å². The highest BCUT2D eigenvalue weighted by Crippen LogP contribution is 2.27. The lowest BCUT2D eigenvalue weighted by Crippen LogP contribution is -2.26. The van der Waals surface area contributed by atoms with E-state index in [0.717, 1.165) is 13.0 Å². The molecular formula is C15H15NO2. The van der Waals surface area contributed by atoms with E-state index in [2.05, 4.69) is 18.2 Å². The van der Waals surface area contributed by atoms with Gasteiger partial charge in [0.25, 0.3) is 5.56 Å². The Morgan fingerprint density at radius 1 is 1.17 bits per heavy atom. The van der Waals surface area contributed by atoms with E-state index in [0.29, 0.717) is 6.54 Å². The molecule has 1 aromatic carbocycles. The van der Waals surface area contributed by atoms with Crippen molar-refractivity contribution in [2.75, 3.05) is 6.61 Å². The Kier molecular flexibility index (Phi) is 2.99. The number of hydrogen-bond donors (Lipinski definition) is 0.